The number of nitrogens with one attached hydrogen (secondary N) is 2. The number of hydrogen-bond donors (Lipinski definition) is 2. The number of nitrogens with zero attached hydrogens (tertiary/aromatic N) is 3. The number of hydrogen-bond acceptors (Lipinski definition) is 5. The van der Waals surface area contributed by atoms with E-state index in [2.05, 4.69) is 15.7 Å². The molecule has 2 fully saturated rings. The van der Waals surface area contributed by atoms with Crippen LogP contribution < -0.4 is 10.6 Å². The van der Waals surface area contributed by atoms with E-state index in [-0.39, 0.29) is 4.90 Å². The Bertz CT molecular complexity index is 963. The van der Waals surface area contributed by atoms with Crippen LogP contribution in [0.15, 0.2) is 41.4 Å². The summed E-state index contributed by atoms with van der Waals surface area (Å²) in [6, 6.07) is 8.97. The Kier molecular flexibility index (Phi) is 6.67. The van der Waals surface area contributed by atoms with Gasteiger partial charge in [-0.05, 0) is 49.3 Å². The summed E-state index contributed by atoms with van der Waals surface area (Å²) in [4.78, 5) is 0.268. The second-order valence-electron chi connectivity index (χ2n) is 7.57. The first kappa shape index (κ1) is 21.2. The molecule has 1 aliphatic carbocycles. The first-order valence-electron chi connectivity index (χ1n) is 10.3. The zero-order valence-electron chi connectivity index (χ0n) is 16.8. The van der Waals surface area contributed by atoms with Crippen LogP contribution in [-0.2, 0) is 14.8 Å². The van der Waals surface area contributed by atoms with E-state index < -0.39 is 10.0 Å². The van der Waals surface area contributed by atoms with Crippen LogP contribution in [-0.4, -0.2) is 53.9 Å². The van der Waals surface area contributed by atoms with E-state index >= 15 is 0 Å². The average molecular weight is 450 g/mol. The number of benzene rings is 1. The number of rotatable bonds is 5. The Morgan fingerprint density at radius 2 is 1.73 bits per heavy atom. The lowest BCUT2D eigenvalue weighted by Gasteiger charge is -2.26. The predicted octanol–water partition coefficient (Wildman–Crippen LogP) is 3.22. The van der Waals surface area contributed by atoms with Gasteiger partial charge < -0.3 is 15.4 Å². The fraction of sp³-hybridized carbons (Fsp3) is 0.500. The lowest BCUT2D eigenvalue weighted by molar-refractivity contribution is 0.0730. The summed E-state index contributed by atoms with van der Waals surface area (Å²) in [5.74, 6) is 0.867. The van der Waals surface area contributed by atoms with Crippen LogP contribution in [0.25, 0.3) is 0 Å². The molecule has 2 N–H and O–H groups in total. The van der Waals surface area contributed by atoms with Gasteiger partial charge in [-0.2, -0.15) is 9.40 Å². The minimum absolute atomic E-state index is 0.268. The summed E-state index contributed by atoms with van der Waals surface area (Å²) in [5.41, 5.74) is 0.720. The molecule has 0 atom stereocenters. The third kappa shape index (κ3) is 4.83. The third-order valence-corrected chi connectivity index (χ3v) is 7.67. The van der Waals surface area contributed by atoms with Crippen molar-refractivity contribution in [3.8, 4) is 0 Å². The van der Waals surface area contributed by atoms with Crippen LogP contribution >= 0.6 is 12.2 Å². The number of anilines is 2. The van der Waals surface area contributed by atoms with E-state index in [1.54, 1.807) is 30.5 Å². The SMILES string of the molecule is O=S(=O)(c1ccc(NC(=S)Nc2ccnn2C2CCCCC2)cc1)N1CCOCC1. The Hall–Kier alpha value is -2.01. The number of sulfonamides is 1. The van der Waals surface area contributed by atoms with E-state index in [9.17, 15) is 8.42 Å². The summed E-state index contributed by atoms with van der Waals surface area (Å²) in [6.45, 7) is 1.61. The fourth-order valence-electron chi connectivity index (χ4n) is 3.95. The molecular formula is C20H27N5O3S2. The summed E-state index contributed by atoms with van der Waals surface area (Å²) in [7, 11) is -3.50. The van der Waals surface area contributed by atoms with Gasteiger partial charge in [0.15, 0.2) is 5.11 Å². The molecule has 2 aliphatic rings. The van der Waals surface area contributed by atoms with Crippen molar-refractivity contribution in [3.63, 3.8) is 0 Å². The smallest absolute Gasteiger partial charge is 0.243 e. The minimum Gasteiger partial charge on any atom is -0.379 e. The van der Waals surface area contributed by atoms with Gasteiger partial charge in [-0.1, -0.05) is 19.3 Å². The Morgan fingerprint density at radius 1 is 1.03 bits per heavy atom. The maximum atomic E-state index is 12.7. The van der Waals surface area contributed by atoms with Gasteiger partial charge in [0, 0.05) is 24.8 Å². The largest absolute Gasteiger partial charge is 0.379 e. The van der Waals surface area contributed by atoms with Gasteiger partial charge in [-0.3, -0.25) is 0 Å². The zero-order valence-corrected chi connectivity index (χ0v) is 18.4. The molecule has 1 aromatic heterocycles. The van der Waals surface area contributed by atoms with E-state index in [1.807, 2.05) is 10.7 Å². The van der Waals surface area contributed by atoms with Gasteiger partial charge in [0.1, 0.15) is 5.82 Å². The van der Waals surface area contributed by atoms with E-state index in [0.29, 0.717) is 37.5 Å². The number of ether oxygens (including phenoxy) is 1. The van der Waals surface area contributed by atoms with Crippen LogP contribution in [0.2, 0.25) is 0 Å². The fourth-order valence-corrected chi connectivity index (χ4v) is 5.59. The van der Waals surface area contributed by atoms with Gasteiger partial charge in [0.25, 0.3) is 0 Å². The van der Waals surface area contributed by atoms with Crippen molar-refractivity contribution >= 4 is 38.9 Å². The van der Waals surface area contributed by atoms with Crippen LogP contribution in [0, 0.1) is 0 Å². The third-order valence-electron chi connectivity index (χ3n) is 5.55. The number of thiocarbonyl (C=S) groups is 1. The molecule has 0 radical (unpaired) electrons. The van der Waals surface area contributed by atoms with Crippen molar-refractivity contribution < 1.29 is 13.2 Å². The molecule has 4 rings (SSSR count). The molecule has 2 aromatic rings. The molecule has 0 bridgehead atoms. The summed E-state index contributed by atoms with van der Waals surface area (Å²) < 4.78 is 34.2. The van der Waals surface area contributed by atoms with E-state index in [1.165, 1.54) is 23.6 Å². The van der Waals surface area contributed by atoms with Crippen molar-refractivity contribution in [2.45, 2.75) is 43.0 Å². The first-order valence-corrected chi connectivity index (χ1v) is 12.2. The summed E-state index contributed by atoms with van der Waals surface area (Å²) in [5, 5.41) is 11.2. The van der Waals surface area contributed by atoms with Gasteiger partial charge >= 0.3 is 0 Å². The van der Waals surface area contributed by atoms with E-state index in [4.69, 9.17) is 17.0 Å². The summed E-state index contributed by atoms with van der Waals surface area (Å²) in [6.07, 6.45) is 7.80. The van der Waals surface area contributed by atoms with Crippen LogP contribution in [0.3, 0.4) is 0 Å². The molecular weight excluding hydrogens is 422 g/mol. The lowest BCUT2D eigenvalue weighted by Crippen LogP contribution is -2.40. The summed E-state index contributed by atoms with van der Waals surface area (Å²) >= 11 is 5.45. The van der Waals surface area contributed by atoms with Crippen molar-refractivity contribution in [1.29, 1.82) is 0 Å². The van der Waals surface area contributed by atoms with Gasteiger partial charge in [-0.15, -0.1) is 0 Å². The Balaban J connectivity index is 1.38. The highest BCUT2D eigenvalue weighted by Crippen LogP contribution is 2.30. The van der Waals surface area contributed by atoms with Crippen LogP contribution in [0.1, 0.15) is 38.1 Å². The highest BCUT2D eigenvalue weighted by Gasteiger charge is 2.26. The molecule has 1 saturated carbocycles. The van der Waals surface area contributed by atoms with Crippen molar-refractivity contribution in [2.24, 2.45) is 0 Å². The van der Waals surface area contributed by atoms with E-state index in [0.717, 1.165) is 24.3 Å². The first-order chi connectivity index (χ1) is 14.5. The number of morpholine rings is 1. The Labute approximate surface area is 182 Å². The standard InChI is InChI=1S/C20H27N5O3S2/c26-30(27,24-12-14-28-15-13-24)18-8-6-16(7-9-18)22-20(29)23-19-10-11-21-25(19)17-4-2-1-3-5-17/h6-11,17H,1-5,12-15H2,(H2,22,23,29). The average Bonchev–Trinajstić information content (AvgIpc) is 3.23. The second kappa shape index (κ2) is 9.42. The molecule has 8 nitrogen and oxygen atoms in total. The maximum Gasteiger partial charge on any atom is 0.243 e. The topological polar surface area (TPSA) is 88.5 Å². The quantitative estimate of drug-likeness (QED) is 0.678. The van der Waals surface area contributed by atoms with Crippen molar-refractivity contribution in [2.75, 3.05) is 36.9 Å². The second-order valence-corrected chi connectivity index (χ2v) is 9.92. The zero-order chi connectivity index (χ0) is 21.0. The minimum atomic E-state index is -3.50. The van der Waals surface area contributed by atoms with Crippen molar-refractivity contribution in [1.82, 2.24) is 14.1 Å². The molecule has 2 heterocycles. The molecule has 0 amide bonds. The predicted molar refractivity (Wildman–Crippen MR) is 120 cm³/mol. The molecule has 10 heteroatoms. The van der Waals surface area contributed by atoms with Crippen molar-refractivity contribution in [3.05, 3.63) is 36.5 Å². The Morgan fingerprint density at radius 3 is 2.43 bits per heavy atom. The maximum absolute atomic E-state index is 12.7. The molecule has 0 spiro atoms. The highest BCUT2D eigenvalue weighted by molar-refractivity contribution is 7.89. The lowest BCUT2D eigenvalue weighted by atomic mass is 9.96. The monoisotopic (exact) mass is 449 g/mol. The van der Waals surface area contributed by atoms with Gasteiger partial charge in [-0.25, -0.2) is 13.1 Å². The molecule has 1 aliphatic heterocycles. The van der Waals surface area contributed by atoms with Crippen LogP contribution in [0.5, 0.6) is 0 Å². The molecule has 1 aromatic carbocycles. The van der Waals surface area contributed by atoms with Gasteiger partial charge in [0.05, 0.1) is 30.3 Å². The normalized spacial score (nSPS) is 18.8. The number of aromatic nitrogens is 2. The molecule has 0 unspecified atom stereocenters. The van der Waals surface area contributed by atoms with Crippen LogP contribution in [0.4, 0.5) is 11.5 Å². The molecule has 162 valence electrons. The molecule has 1 saturated heterocycles. The molecule has 30 heavy (non-hydrogen) atoms. The highest BCUT2D eigenvalue weighted by atomic mass is 32.2. The van der Waals surface area contributed by atoms with Gasteiger partial charge in [0.2, 0.25) is 10.0 Å².